The number of hydrogen-bond acceptors (Lipinski definition) is 4. The van der Waals surface area contributed by atoms with Gasteiger partial charge in [-0.25, -0.2) is 4.79 Å². The van der Waals surface area contributed by atoms with Crippen LogP contribution >= 0.6 is 11.6 Å². The summed E-state index contributed by atoms with van der Waals surface area (Å²) < 4.78 is 5.48. The van der Waals surface area contributed by atoms with Crippen molar-refractivity contribution in [1.29, 1.82) is 0 Å². The largest absolute Gasteiger partial charge is 0.443 e. The Morgan fingerprint density at radius 1 is 1.07 bits per heavy atom. The van der Waals surface area contributed by atoms with Crippen molar-refractivity contribution in [3.63, 3.8) is 0 Å². The van der Waals surface area contributed by atoms with E-state index in [1.54, 1.807) is 7.05 Å². The van der Waals surface area contributed by atoms with Crippen LogP contribution in [0.2, 0.25) is 5.02 Å². The summed E-state index contributed by atoms with van der Waals surface area (Å²) in [5.41, 5.74) is 3.17. The number of ether oxygens (including phenoxy) is 1. The molecule has 2 aromatic carbocycles. The number of rotatable bonds is 6. The zero-order chi connectivity index (χ0) is 20.9. The molecule has 5 nitrogen and oxygen atoms in total. The summed E-state index contributed by atoms with van der Waals surface area (Å²) >= 11 is 6.30. The highest BCUT2D eigenvalue weighted by atomic mass is 35.5. The van der Waals surface area contributed by atoms with E-state index in [-0.39, 0.29) is 6.09 Å². The first kappa shape index (κ1) is 22.1. The van der Waals surface area contributed by atoms with Gasteiger partial charge in [-0.3, -0.25) is 4.90 Å². The van der Waals surface area contributed by atoms with Crippen LogP contribution in [0.3, 0.4) is 0 Å². The molecule has 0 spiro atoms. The second-order valence-corrected chi connectivity index (χ2v) is 8.45. The number of benzene rings is 2. The van der Waals surface area contributed by atoms with Crippen molar-refractivity contribution >= 4 is 34.8 Å². The smallest absolute Gasteiger partial charge is 0.414 e. The number of carbonyl (C=O) groups is 1. The third-order valence-electron chi connectivity index (χ3n) is 4.12. The van der Waals surface area contributed by atoms with Crippen molar-refractivity contribution in [3.8, 4) is 0 Å². The lowest BCUT2D eigenvalue weighted by molar-refractivity contribution is 0.0589. The summed E-state index contributed by atoms with van der Waals surface area (Å²) in [6.45, 7) is 6.46. The Balaban J connectivity index is 2.31. The van der Waals surface area contributed by atoms with Crippen LogP contribution in [0, 0.1) is 0 Å². The molecule has 152 valence electrons. The number of hydrogen-bond donors (Lipinski definition) is 1. The number of likely N-dealkylation sites (N-methyl/N-ethyl adjacent to an activating group) is 1. The van der Waals surface area contributed by atoms with E-state index >= 15 is 0 Å². The van der Waals surface area contributed by atoms with Crippen molar-refractivity contribution in [2.24, 2.45) is 0 Å². The summed E-state index contributed by atoms with van der Waals surface area (Å²) in [7, 11) is 5.80. The Morgan fingerprint density at radius 2 is 1.75 bits per heavy atom. The molecule has 0 radical (unpaired) electrons. The van der Waals surface area contributed by atoms with Crippen LogP contribution in [-0.2, 0) is 11.2 Å². The number of amides is 1. The van der Waals surface area contributed by atoms with Gasteiger partial charge >= 0.3 is 6.09 Å². The Kier molecular flexibility index (Phi) is 7.33. The quantitative estimate of drug-likeness (QED) is 0.685. The van der Waals surface area contributed by atoms with E-state index in [9.17, 15) is 4.79 Å². The van der Waals surface area contributed by atoms with Crippen molar-refractivity contribution in [2.45, 2.75) is 32.8 Å². The van der Waals surface area contributed by atoms with Crippen LogP contribution in [0.1, 0.15) is 26.3 Å². The zero-order valence-corrected chi connectivity index (χ0v) is 18.3. The lowest BCUT2D eigenvalue weighted by Crippen LogP contribution is -2.34. The molecule has 0 aliphatic rings. The Morgan fingerprint density at radius 3 is 2.36 bits per heavy atom. The molecule has 0 unspecified atom stereocenters. The van der Waals surface area contributed by atoms with E-state index in [1.807, 2.05) is 77.3 Å². The van der Waals surface area contributed by atoms with Gasteiger partial charge in [-0.15, -0.1) is 0 Å². The maximum Gasteiger partial charge on any atom is 0.414 e. The predicted molar refractivity (Wildman–Crippen MR) is 118 cm³/mol. The molecule has 1 amide bonds. The molecule has 0 saturated heterocycles. The highest BCUT2D eigenvalue weighted by Crippen LogP contribution is 2.30. The van der Waals surface area contributed by atoms with Crippen molar-refractivity contribution in [2.75, 3.05) is 37.9 Å². The van der Waals surface area contributed by atoms with Gasteiger partial charge in [-0.1, -0.05) is 23.7 Å². The van der Waals surface area contributed by atoms with Crippen LogP contribution in [-0.4, -0.2) is 44.3 Å². The number of halogens is 1. The van der Waals surface area contributed by atoms with Gasteiger partial charge in [0.1, 0.15) is 5.60 Å². The Hall–Kier alpha value is -2.24. The molecule has 6 heteroatoms. The van der Waals surface area contributed by atoms with Crippen LogP contribution in [0.5, 0.6) is 0 Å². The molecule has 0 aromatic heterocycles. The summed E-state index contributed by atoms with van der Waals surface area (Å²) in [4.78, 5) is 16.1. The second kappa shape index (κ2) is 9.30. The zero-order valence-electron chi connectivity index (χ0n) is 17.5. The fourth-order valence-electron chi connectivity index (χ4n) is 2.61. The van der Waals surface area contributed by atoms with Crippen molar-refractivity contribution < 1.29 is 9.53 Å². The molecular formula is C22H30ClN3O2. The molecule has 1 N–H and O–H groups in total. The first-order chi connectivity index (χ1) is 13.1. The van der Waals surface area contributed by atoms with E-state index < -0.39 is 5.60 Å². The Labute approximate surface area is 173 Å². The van der Waals surface area contributed by atoms with Crippen LogP contribution < -0.4 is 10.2 Å². The monoisotopic (exact) mass is 403 g/mol. The van der Waals surface area contributed by atoms with Gasteiger partial charge in [0.25, 0.3) is 0 Å². The van der Waals surface area contributed by atoms with Crippen LogP contribution in [0.4, 0.5) is 21.9 Å². The summed E-state index contributed by atoms with van der Waals surface area (Å²) in [6, 6.07) is 13.5. The molecule has 0 aliphatic carbocycles. The molecule has 0 atom stereocenters. The normalized spacial score (nSPS) is 11.4. The highest BCUT2D eigenvalue weighted by molar-refractivity contribution is 6.33. The van der Waals surface area contributed by atoms with Gasteiger partial charge in [0.05, 0.1) is 10.7 Å². The lowest BCUT2D eigenvalue weighted by atomic mass is 10.1. The molecule has 0 fully saturated rings. The van der Waals surface area contributed by atoms with E-state index in [0.717, 1.165) is 35.6 Å². The summed E-state index contributed by atoms with van der Waals surface area (Å²) in [5, 5.41) is 4.08. The predicted octanol–water partition coefficient (Wildman–Crippen LogP) is 5.56. The summed E-state index contributed by atoms with van der Waals surface area (Å²) in [6.07, 6.45) is 0.452. The minimum atomic E-state index is -0.537. The molecule has 0 aliphatic heterocycles. The minimum Gasteiger partial charge on any atom is -0.443 e. The number of nitrogens with one attached hydrogen (secondary N) is 1. The number of carbonyl (C=O) groups excluding carboxylic acids is 1. The first-order valence-electron chi connectivity index (χ1n) is 9.33. The van der Waals surface area contributed by atoms with Crippen molar-refractivity contribution in [1.82, 2.24) is 4.90 Å². The van der Waals surface area contributed by atoms with Crippen molar-refractivity contribution in [3.05, 3.63) is 53.1 Å². The summed E-state index contributed by atoms with van der Waals surface area (Å²) in [5.74, 6) is 0. The van der Waals surface area contributed by atoms with Gasteiger partial charge in [0, 0.05) is 25.0 Å². The van der Waals surface area contributed by atoms with Gasteiger partial charge < -0.3 is 15.0 Å². The third kappa shape index (κ3) is 6.43. The molecule has 0 saturated carbocycles. The second-order valence-electron chi connectivity index (χ2n) is 8.04. The van der Waals surface area contributed by atoms with Crippen LogP contribution in [0.25, 0.3) is 0 Å². The standard InChI is InChI=1S/C22H30ClN3O2/c1-22(2,3)28-21(27)26(6)17-11-12-19(16(15-17)13-14-25(4)5)24-20-10-8-7-9-18(20)23/h7-12,15,24H,13-14H2,1-6H3. The maximum atomic E-state index is 12.4. The number of para-hydroxylation sites is 1. The maximum absolute atomic E-state index is 12.4. The van der Waals surface area contributed by atoms with Gasteiger partial charge in [0.2, 0.25) is 0 Å². The Bertz CT molecular complexity index is 816. The topological polar surface area (TPSA) is 44.8 Å². The first-order valence-corrected chi connectivity index (χ1v) is 9.70. The number of nitrogens with zero attached hydrogens (tertiary/aromatic N) is 2. The third-order valence-corrected chi connectivity index (χ3v) is 4.44. The van der Waals surface area contributed by atoms with E-state index in [2.05, 4.69) is 10.2 Å². The molecule has 2 aromatic rings. The van der Waals surface area contributed by atoms with Crippen LogP contribution in [0.15, 0.2) is 42.5 Å². The van der Waals surface area contributed by atoms with Gasteiger partial charge in [-0.05, 0) is 77.2 Å². The average molecular weight is 404 g/mol. The minimum absolute atomic E-state index is 0.377. The SMILES string of the molecule is CN(C)CCc1cc(N(C)C(=O)OC(C)(C)C)ccc1Nc1ccccc1Cl. The number of anilines is 3. The lowest BCUT2D eigenvalue weighted by Gasteiger charge is -2.25. The molecular weight excluding hydrogens is 374 g/mol. The molecule has 0 heterocycles. The molecule has 2 rings (SSSR count). The van der Waals surface area contributed by atoms with E-state index in [1.165, 1.54) is 4.90 Å². The van der Waals surface area contributed by atoms with E-state index in [0.29, 0.717) is 5.02 Å². The average Bonchev–Trinajstić information content (AvgIpc) is 2.60. The van der Waals surface area contributed by atoms with Gasteiger partial charge in [0.15, 0.2) is 0 Å². The molecule has 0 bridgehead atoms. The fourth-order valence-corrected chi connectivity index (χ4v) is 2.79. The fraction of sp³-hybridized carbons (Fsp3) is 0.409. The molecule has 28 heavy (non-hydrogen) atoms. The van der Waals surface area contributed by atoms with E-state index in [4.69, 9.17) is 16.3 Å². The van der Waals surface area contributed by atoms with Gasteiger partial charge in [-0.2, -0.15) is 0 Å². The highest BCUT2D eigenvalue weighted by Gasteiger charge is 2.21.